The second-order valence-electron chi connectivity index (χ2n) is 13.2. The third-order valence-electron chi connectivity index (χ3n) is 9.84. The molecule has 11 heteroatoms. The van der Waals surface area contributed by atoms with Gasteiger partial charge in [0.2, 0.25) is 11.8 Å². The molecule has 0 radical (unpaired) electrons. The smallest absolute Gasteiger partial charge is 0.262 e. The van der Waals surface area contributed by atoms with Crippen LogP contribution in [-0.4, -0.2) is 57.6 Å². The molecule has 1 aliphatic heterocycles. The van der Waals surface area contributed by atoms with Gasteiger partial charge in [-0.3, -0.25) is 18.8 Å². The van der Waals surface area contributed by atoms with E-state index < -0.39 is 12.6 Å². The quantitative estimate of drug-likeness (QED) is 0.149. The zero-order chi connectivity index (χ0) is 34.9. The van der Waals surface area contributed by atoms with E-state index >= 15 is 0 Å². The lowest BCUT2D eigenvalue weighted by Gasteiger charge is -2.16. The van der Waals surface area contributed by atoms with E-state index in [0.29, 0.717) is 48.6 Å². The maximum Gasteiger partial charge on any atom is 0.262 e. The number of amides is 2. The van der Waals surface area contributed by atoms with E-state index in [0.717, 1.165) is 50.9 Å². The van der Waals surface area contributed by atoms with E-state index in [1.807, 2.05) is 36.4 Å². The summed E-state index contributed by atoms with van der Waals surface area (Å²) in [5.74, 6) is -0.280. The molecule has 0 spiro atoms. The maximum absolute atomic E-state index is 13.3. The standard InChI is InChI=1S/C39H39ClN6O4/c1-22-30(25-12-13-46-35(17-25)43-19-27(39(46)50)18-42-20-28-10-11-36(48)44-28)4-2-5-31(22)33-7-3-6-32(37(33)40)24-9-8-23-15-29(16-26(23)14-24)45-38(49)34(41)21-47/h2-9,12-14,17,19,28-29,34,42,47H,10-11,15-16,18,20-21,41H2,1H3,(H,44,48)(H,45,49)/t28-,29+,34+/m0/s1. The number of hydrogen-bond donors (Lipinski definition) is 5. The summed E-state index contributed by atoms with van der Waals surface area (Å²) in [4.78, 5) is 41.6. The van der Waals surface area contributed by atoms with Crippen LogP contribution in [0.15, 0.2) is 83.9 Å². The van der Waals surface area contributed by atoms with Crippen LogP contribution in [0.4, 0.5) is 0 Å². The van der Waals surface area contributed by atoms with Gasteiger partial charge in [0.15, 0.2) is 0 Å². The summed E-state index contributed by atoms with van der Waals surface area (Å²) >= 11 is 7.17. The van der Waals surface area contributed by atoms with Crippen LogP contribution in [-0.2, 0) is 29.0 Å². The molecule has 0 saturated carbocycles. The lowest BCUT2D eigenvalue weighted by molar-refractivity contribution is -0.123. The number of nitrogens with two attached hydrogens (primary N) is 1. The zero-order valence-corrected chi connectivity index (χ0v) is 28.5. The van der Waals surface area contributed by atoms with Crippen molar-refractivity contribution in [2.75, 3.05) is 13.2 Å². The Morgan fingerprint density at radius 2 is 1.76 bits per heavy atom. The molecule has 2 aromatic heterocycles. The number of carbonyl (C=O) groups excluding carboxylic acids is 2. The average molecular weight is 691 g/mol. The van der Waals surface area contributed by atoms with Crippen molar-refractivity contribution >= 4 is 29.1 Å². The minimum atomic E-state index is -0.929. The first-order valence-corrected chi connectivity index (χ1v) is 17.3. The molecule has 1 aliphatic carbocycles. The Bertz CT molecular complexity index is 2180. The Labute approximate surface area is 294 Å². The fourth-order valence-corrected chi connectivity index (χ4v) is 7.43. The number of nitrogens with one attached hydrogen (secondary N) is 3. The first kappa shape index (κ1) is 33.6. The highest BCUT2D eigenvalue weighted by atomic mass is 35.5. The molecule has 1 saturated heterocycles. The van der Waals surface area contributed by atoms with Crippen molar-refractivity contribution in [2.24, 2.45) is 5.73 Å². The van der Waals surface area contributed by atoms with Crippen molar-refractivity contribution in [1.82, 2.24) is 25.3 Å². The number of fused-ring (bicyclic) bond motifs is 2. The number of nitrogens with zero attached hydrogens (tertiary/aromatic N) is 2. The zero-order valence-electron chi connectivity index (χ0n) is 27.7. The van der Waals surface area contributed by atoms with E-state index in [2.05, 4.69) is 58.2 Å². The minimum absolute atomic E-state index is 0.0684. The number of benzene rings is 3. The van der Waals surface area contributed by atoms with E-state index in [-0.39, 0.29) is 29.5 Å². The van der Waals surface area contributed by atoms with Gasteiger partial charge in [0.05, 0.1) is 11.6 Å². The lowest BCUT2D eigenvalue weighted by atomic mass is 9.91. The van der Waals surface area contributed by atoms with E-state index in [9.17, 15) is 19.5 Å². The van der Waals surface area contributed by atoms with Crippen LogP contribution < -0.4 is 27.2 Å². The average Bonchev–Trinajstić information content (AvgIpc) is 3.73. The van der Waals surface area contributed by atoms with Crippen molar-refractivity contribution in [3.05, 3.63) is 117 Å². The number of aromatic nitrogens is 2. The molecule has 7 rings (SSSR count). The number of pyridine rings is 1. The maximum atomic E-state index is 13.3. The van der Waals surface area contributed by atoms with Gasteiger partial charge in [-0.1, -0.05) is 66.2 Å². The van der Waals surface area contributed by atoms with Gasteiger partial charge in [0.1, 0.15) is 11.7 Å². The van der Waals surface area contributed by atoms with Gasteiger partial charge < -0.3 is 26.8 Å². The molecule has 256 valence electrons. The molecule has 0 unspecified atom stereocenters. The van der Waals surface area contributed by atoms with Crippen molar-refractivity contribution in [1.29, 1.82) is 0 Å². The monoisotopic (exact) mass is 690 g/mol. The van der Waals surface area contributed by atoms with Crippen LogP contribution in [0, 0.1) is 6.92 Å². The minimum Gasteiger partial charge on any atom is -0.394 e. The largest absolute Gasteiger partial charge is 0.394 e. The molecule has 10 nitrogen and oxygen atoms in total. The summed E-state index contributed by atoms with van der Waals surface area (Å²) in [6.07, 6.45) is 6.12. The number of halogens is 1. The Kier molecular flexibility index (Phi) is 9.52. The van der Waals surface area contributed by atoms with Gasteiger partial charge in [0, 0.05) is 60.7 Å². The van der Waals surface area contributed by atoms with E-state index in [1.165, 1.54) is 5.56 Å². The third-order valence-corrected chi connectivity index (χ3v) is 10.2. The van der Waals surface area contributed by atoms with Gasteiger partial charge in [-0.15, -0.1) is 0 Å². The van der Waals surface area contributed by atoms with Crippen LogP contribution in [0.1, 0.15) is 35.1 Å². The highest BCUT2D eigenvalue weighted by molar-refractivity contribution is 6.36. The van der Waals surface area contributed by atoms with E-state index in [4.69, 9.17) is 17.3 Å². The highest BCUT2D eigenvalue weighted by Crippen LogP contribution is 2.41. The molecule has 2 aliphatic rings. The van der Waals surface area contributed by atoms with Gasteiger partial charge in [-0.05, 0) is 77.3 Å². The summed E-state index contributed by atoms with van der Waals surface area (Å²) in [5, 5.41) is 19.0. The van der Waals surface area contributed by atoms with Crippen LogP contribution in [0.2, 0.25) is 5.02 Å². The first-order valence-electron chi connectivity index (χ1n) is 16.9. The predicted molar refractivity (Wildman–Crippen MR) is 195 cm³/mol. The van der Waals surface area contributed by atoms with Gasteiger partial charge in [-0.2, -0.15) is 0 Å². The molecule has 50 heavy (non-hydrogen) atoms. The molecule has 0 bridgehead atoms. The van der Waals surface area contributed by atoms with Crippen molar-refractivity contribution in [3.8, 4) is 33.4 Å². The Balaban J connectivity index is 1.12. The van der Waals surface area contributed by atoms with E-state index in [1.54, 1.807) is 16.8 Å². The van der Waals surface area contributed by atoms with Gasteiger partial charge >= 0.3 is 0 Å². The molecule has 1 fully saturated rings. The Hall–Kier alpha value is -4.87. The van der Waals surface area contributed by atoms with Crippen LogP contribution in [0.5, 0.6) is 0 Å². The highest BCUT2D eigenvalue weighted by Gasteiger charge is 2.26. The Morgan fingerprint density at radius 3 is 2.54 bits per heavy atom. The fraction of sp³-hybridized carbons (Fsp3) is 0.282. The molecule has 3 aromatic carbocycles. The summed E-state index contributed by atoms with van der Waals surface area (Å²) in [5.41, 5.74) is 15.8. The predicted octanol–water partition coefficient (Wildman–Crippen LogP) is 3.93. The second kappa shape index (κ2) is 14.2. The van der Waals surface area contributed by atoms with Crippen LogP contribution in [0.25, 0.3) is 39.0 Å². The number of carbonyl (C=O) groups is 2. The molecule has 5 aromatic rings. The molecule has 3 atom stereocenters. The van der Waals surface area contributed by atoms with Gasteiger partial charge in [-0.25, -0.2) is 4.98 Å². The topological polar surface area (TPSA) is 151 Å². The number of hydrogen-bond acceptors (Lipinski definition) is 7. The summed E-state index contributed by atoms with van der Waals surface area (Å²) in [6.45, 7) is 2.66. The second-order valence-corrected chi connectivity index (χ2v) is 13.6. The number of aliphatic hydroxyl groups excluding tert-OH is 1. The summed E-state index contributed by atoms with van der Waals surface area (Å²) in [7, 11) is 0. The molecule has 6 N–H and O–H groups in total. The fourth-order valence-electron chi connectivity index (χ4n) is 7.10. The van der Waals surface area contributed by atoms with Crippen LogP contribution in [0.3, 0.4) is 0 Å². The van der Waals surface area contributed by atoms with Crippen molar-refractivity contribution in [2.45, 2.75) is 57.3 Å². The van der Waals surface area contributed by atoms with Gasteiger partial charge in [0.25, 0.3) is 5.56 Å². The summed E-state index contributed by atoms with van der Waals surface area (Å²) < 4.78 is 1.56. The number of rotatable bonds is 10. The molecular weight excluding hydrogens is 652 g/mol. The SMILES string of the molecule is Cc1c(-c2ccn3c(=O)c(CNC[C@@H]4CCC(=O)N4)cnc3c2)cccc1-c1cccc(-c2ccc3c(c2)C[C@H](NC(=O)[C@H](N)CO)C3)c1Cl. The molecule has 2 amide bonds. The normalized spacial score (nSPS) is 17.5. The van der Waals surface area contributed by atoms with Crippen molar-refractivity contribution < 1.29 is 14.7 Å². The third kappa shape index (κ3) is 6.67. The number of aliphatic hydroxyl groups is 1. The molecule has 3 heterocycles. The molecular formula is C39H39ClN6O4. The Morgan fingerprint density at radius 1 is 1.02 bits per heavy atom. The lowest BCUT2D eigenvalue weighted by Crippen LogP contribution is -2.47. The van der Waals surface area contributed by atoms with Crippen molar-refractivity contribution in [3.63, 3.8) is 0 Å². The van der Waals surface area contributed by atoms with Crippen LogP contribution >= 0.6 is 11.6 Å². The summed E-state index contributed by atoms with van der Waals surface area (Å²) in [6, 6.07) is 21.4. The first-order chi connectivity index (χ1) is 24.2.